The normalized spacial score (nSPS) is 16.5. The first-order chi connectivity index (χ1) is 12.2. The van der Waals surface area contributed by atoms with E-state index in [-0.39, 0.29) is 6.61 Å². The number of nitrogens with two attached hydrogens (primary N) is 1. The number of nitrogens with zero attached hydrogens (tertiary/aromatic N) is 3. The average molecular weight is 363 g/mol. The number of ether oxygens (including phenoxy) is 1. The maximum Gasteiger partial charge on any atom is 0.207 e. The first kappa shape index (κ1) is 17.9. The molecule has 1 aliphatic heterocycles. The van der Waals surface area contributed by atoms with E-state index in [2.05, 4.69) is 32.5 Å². The predicted molar refractivity (Wildman–Crippen MR) is 99.9 cm³/mol. The summed E-state index contributed by atoms with van der Waals surface area (Å²) in [5.41, 5.74) is 6.76. The molecule has 0 radical (unpaired) electrons. The number of likely N-dealkylation sites (tertiary alicyclic amines) is 1. The van der Waals surface area contributed by atoms with Crippen LogP contribution in [-0.4, -0.2) is 52.5 Å². The minimum Gasteiger partial charge on any atom is -0.491 e. The van der Waals surface area contributed by atoms with Gasteiger partial charge in [0.2, 0.25) is 10.3 Å². The molecule has 1 atom stereocenters. The summed E-state index contributed by atoms with van der Waals surface area (Å²) in [6, 6.07) is 8.11. The maximum absolute atomic E-state index is 10.0. The Hall–Kier alpha value is -1.90. The van der Waals surface area contributed by atoms with E-state index in [0.717, 1.165) is 12.3 Å². The van der Waals surface area contributed by atoms with Crippen molar-refractivity contribution in [1.82, 2.24) is 15.1 Å². The lowest BCUT2D eigenvalue weighted by atomic mass is 10.1. The van der Waals surface area contributed by atoms with E-state index in [1.807, 2.05) is 12.1 Å². The fraction of sp³-hybridized carbons (Fsp3) is 0.529. The van der Waals surface area contributed by atoms with Crippen LogP contribution in [0.5, 0.6) is 5.75 Å². The number of benzene rings is 1. The lowest BCUT2D eigenvalue weighted by Crippen LogP contribution is -2.29. The van der Waals surface area contributed by atoms with Gasteiger partial charge in [0.05, 0.1) is 0 Å². The van der Waals surface area contributed by atoms with Gasteiger partial charge in [0, 0.05) is 13.1 Å². The van der Waals surface area contributed by atoms with Gasteiger partial charge < -0.3 is 20.9 Å². The highest BCUT2D eigenvalue weighted by atomic mass is 32.1. The van der Waals surface area contributed by atoms with E-state index < -0.39 is 6.10 Å². The number of aliphatic hydroxyl groups excluding tert-OH is 1. The molecule has 0 bridgehead atoms. The first-order valence-corrected chi connectivity index (χ1v) is 9.46. The third kappa shape index (κ3) is 5.84. The highest BCUT2D eigenvalue weighted by Gasteiger charge is 2.11. The Bertz CT molecular complexity index is 660. The lowest BCUT2D eigenvalue weighted by molar-refractivity contribution is 0.117. The van der Waals surface area contributed by atoms with Gasteiger partial charge in [0.1, 0.15) is 18.5 Å². The molecule has 3 rings (SSSR count). The van der Waals surface area contributed by atoms with Crippen molar-refractivity contribution >= 4 is 21.6 Å². The number of nitrogen functional groups attached to an aromatic ring is 1. The number of aliphatic hydroxyl groups is 1. The smallest absolute Gasteiger partial charge is 0.207 e. The third-order valence-corrected chi connectivity index (χ3v) is 4.84. The minimum atomic E-state index is -0.643. The molecule has 2 heterocycles. The Morgan fingerprint density at radius 1 is 1.28 bits per heavy atom. The molecule has 1 aliphatic rings. The zero-order chi connectivity index (χ0) is 17.5. The van der Waals surface area contributed by atoms with E-state index in [1.165, 1.54) is 49.3 Å². The van der Waals surface area contributed by atoms with Crippen molar-refractivity contribution < 1.29 is 9.84 Å². The van der Waals surface area contributed by atoms with Crippen LogP contribution >= 0.6 is 11.3 Å². The molecule has 0 aliphatic carbocycles. The molecule has 2 aromatic rings. The van der Waals surface area contributed by atoms with Crippen LogP contribution in [0.15, 0.2) is 24.3 Å². The van der Waals surface area contributed by atoms with Gasteiger partial charge in [-0.1, -0.05) is 29.9 Å². The van der Waals surface area contributed by atoms with Crippen LogP contribution in [0.3, 0.4) is 0 Å². The van der Waals surface area contributed by atoms with E-state index in [9.17, 15) is 5.11 Å². The largest absolute Gasteiger partial charge is 0.491 e. The highest BCUT2D eigenvalue weighted by Crippen LogP contribution is 2.18. The zero-order valence-electron chi connectivity index (χ0n) is 14.2. The Morgan fingerprint density at radius 3 is 2.88 bits per heavy atom. The summed E-state index contributed by atoms with van der Waals surface area (Å²) in [6.45, 7) is 3.85. The van der Waals surface area contributed by atoms with Crippen molar-refractivity contribution in [3.63, 3.8) is 0 Å². The Balaban J connectivity index is 1.43. The molecule has 4 N–H and O–H groups in total. The summed E-state index contributed by atoms with van der Waals surface area (Å²) in [4.78, 5) is 2.48. The number of anilines is 2. The van der Waals surface area contributed by atoms with Crippen molar-refractivity contribution in [3.8, 4) is 5.75 Å². The van der Waals surface area contributed by atoms with Gasteiger partial charge >= 0.3 is 0 Å². The molecule has 0 spiro atoms. The number of aromatic nitrogens is 2. The quantitative estimate of drug-likeness (QED) is 0.660. The predicted octanol–water partition coefficient (Wildman–Crippen LogP) is 1.96. The SMILES string of the molecule is Nc1nnc(NCC(O)COc2cccc(CN3CCCCC3)c2)s1. The van der Waals surface area contributed by atoms with Crippen molar-refractivity contribution in [2.24, 2.45) is 0 Å². The Kier molecular flexibility index (Phi) is 6.43. The second-order valence-electron chi connectivity index (χ2n) is 6.28. The summed E-state index contributed by atoms with van der Waals surface area (Å²) in [5.74, 6) is 0.786. The zero-order valence-corrected chi connectivity index (χ0v) is 15.0. The molecular weight excluding hydrogens is 338 g/mol. The number of hydrogen-bond donors (Lipinski definition) is 3. The summed E-state index contributed by atoms with van der Waals surface area (Å²) >= 11 is 1.25. The average Bonchev–Trinajstić information content (AvgIpc) is 3.05. The van der Waals surface area contributed by atoms with Gasteiger partial charge in [-0.15, -0.1) is 10.2 Å². The summed E-state index contributed by atoms with van der Waals surface area (Å²) in [6.07, 6.45) is 3.27. The van der Waals surface area contributed by atoms with Crippen molar-refractivity contribution in [2.45, 2.75) is 31.9 Å². The fourth-order valence-electron chi connectivity index (χ4n) is 2.87. The van der Waals surface area contributed by atoms with E-state index in [0.29, 0.717) is 16.8 Å². The second-order valence-corrected chi connectivity index (χ2v) is 7.28. The van der Waals surface area contributed by atoms with Crippen LogP contribution in [0, 0.1) is 0 Å². The Morgan fingerprint density at radius 2 is 2.12 bits per heavy atom. The van der Waals surface area contributed by atoms with Crippen molar-refractivity contribution in [3.05, 3.63) is 29.8 Å². The van der Waals surface area contributed by atoms with Gasteiger partial charge in [0.15, 0.2) is 0 Å². The number of nitrogens with one attached hydrogen (secondary N) is 1. The molecule has 136 valence electrons. The third-order valence-electron chi connectivity index (χ3n) is 4.13. The summed E-state index contributed by atoms with van der Waals surface area (Å²) in [5, 5.41) is 21.6. The van der Waals surface area contributed by atoms with E-state index >= 15 is 0 Å². The molecular formula is C17H25N5O2S. The van der Waals surface area contributed by atoms with Gasteiger partial charge in [-0.05, 0) is 43.6 Å². The fourth-order valence-corrected chi connectivity index (χ4v) is 3.39. The summed E-state index contributed by atoms with van der Waals surface area (Å²) < 4.78 is 5.73. The molecule has 1 unspecified atom stereocenters. The second kappa shape index (κ2) is 8.98. The number of hydrogen-bond acceptors (Lipinski definition) is 8. The molecule has 7 nitrogen and oxygen atoms in total. The molecule has 0 amide bonds. The van der Waals surface area contributed by atoms with Gasteiger partial charge in [-0.2, -0.15) is 0 Å². The minimum absolute atomic E-state index is 0.217. The van der Waals surface area contributed by atoms with E-state index in [4.69, 9.17) is 10.5 Å². The van der Waals surface area contributed by atoms with Crippen LogP contribution in [0.2, 0.25) is 0 Å². The molecule has 8 heteroatoms. The number of rotatable bonds is 8. The first-order valence-electron chi connectivity index (χ1n) is 8.64. The lowest BCUT2D eigenvalue weighted by Gasteiger charge is -2.26. The molecule has 1 saturated heterocycles. The van der Waals surface area contributed by atoms with Crippen molar-refractivity contribution in [1.29, 1.82) is 0 Å². The van der Waals surface area contributed by atoms with Gasteiger partial charge in [0.25, 0.3) is 0 Å². The standard InChI is InChI=1S/C17H25N5O2S/c18-16-20-21-17(25-16)19-10-14(23)12-24-15-6-4-5-13(9-15)11-22-7-2-1-3-8-22/h4-6,9,14,23H,1-3,7-8,10-12H2,(H2,18,20)(H,19,21). The molecule has 1 aromatic heterocycles. The van der Waals surface area contributed by atoms with Crippen LogP contribution in [-0.2, 0) is 6.54 Å². The van der Waals surface area contributed by atoms with Crippen LogP contribution in [0.25, 0.3) is 0 Å². The maximum atomic E-state index is 10.0. The van der Waals surface area contributed by atoms with Crippen LogP contribution < -0.4 is 15.8 Å². The van der Waals surface area contributed by atoms with Gasteiger partial charge in [-0.25, -0.2) is 0 Å². The Labute approximate surface area is 151 Å². The molecule has 1 aromatic carbocycles. The van der Waals surface area contributed by atoms with E-state index in [1.54, 1.807) is 0 Å². The monoisotopic (exact) mass is 363 g/mol. The highest BCUT2D eigenvalue weighted by molar-refractivity contribution is 7.18. The molecule has 25 heavy (non-hydrogen) atoms. The summed E-state index contributed by atoms with van der Waals surface area (Å²) in [7, 11) is 0. The van der Waals surface area contributed by atoms with Crippen molar-refractivity contribution in [2.75, 3.05) is 37.3 Å². The number of piperidine rings is 1. The van der Waals surface area contributed by atoms with Crippen LogP contribution in [0.1, 0.15) is 24.8 Å². The molecule has 0 saturated carbocycles. The van der Waals surface area contributed by atoms with Crippen LogP contribution in [0.4, 0.5) is 10.3 Å². The van der Waals surface area contributed by atoms with Gasteiger partial charge in [-0.3, -0.25) is 4.90 Å². The molecule has 1 fully saturated rings. The topological polar surface area (TPSA) is 96.5 Å².